The predicted octanol–water partition coefficient (Wildman–Crippen LogP) is 3.84. The quantitative estimate of drug-likeness (QED) is 0.575. The van der Waals surface area contributed by atoms with E-state index in [4.69, 9.17) is 21.1 Å². The number of amides is 1. The zero-order valence-electron chi connectivity index (χ0n) is 16.3. The SMILES string of the molecule is Cc1cc(NC(=O)COC(=O)COc2ccc(Cl)cc2C)n(-c2ccc(F)cc2)n1. The molecule has 0 aliphatic carbocycles. The van der Waals surface area contributed by atoms with Crippen LogP contribution in [-0.2, 0) is 14.3 Å². The summed E-state index contributed by atoms with van der Waals surface area (Å²) in [6.45, 7) is 2.72. The number of ether oxygens (including phenoxy) is 2. The van der Waals surface area contributed by atoms with E-state index in [2.05, 4.69) is 10.4 Å². The smallest absolute Gasteiger partial charge is 0.344 e. The maximum Gasteiger partial charge on any atom is 0.344 e. The molecule has 1 heterocycles. The average molecular weight is 432 g/mol. The van der Waals surface area contributed by atoms with Crippen molar-refractivity contribution >= 4 is 29.3 Å². The Labute approximate surface area is 177 Å². The summed E-state index contributed by atoms with van der Waals surface area (Å²) >= 11 is 5.87. The summed E-state index contributed by atoms with van der Waals surface area (Å²) in [7, 11) is 0. The standard InChI is InChI=1S/C21H19ClFN3O4/c1-13-9-15(22)3-8-18(13)29-12-21(28)30-11-20(27)24-19-10-14(2)25-26(19)17-6-4-16(23)5-7-17/h3-10H,11-12H2,1-2H3,(H,24,27). The van der Waals surface area contributed by atoms with Crippen LogP contribution in [0, 0.1) is 19.7 Å². The summed E-state index contributed by atoms with van der Waals surface area (Å²) in [6, 6.07) is 12.3. The van der Waals surface area contributed by atoms with Gasteiger partial charge in [-0.05, 0) is 61.9 Å². The number of rotatable bonds is 7. The largest absolute Gasteiger partial charge is 0.482 e. The van der Waals surface area contributed by atoms with E-state index < -0.39 is 18.5 Å². The van der Waals surface area contributed by atoms with E-state index in [1.807, 2.05) is 0 Å². The second-order valence-corrected chi connectivity index (χ2v) is 6.90. The molecule has 0 spiro atoms. The van der Waals surface area contributed by atoms with Crippen LogP contribution in [0.3, 0.4) is 0 Å². The van der Waals surface area contributed by atoms with E-state index in [1.165, 1.54) is 28.9 Å². The lowest BCUT2D eigenvalue weighted by Gasteiger charge is -2.10. The molecule has 0 unspecified atom stereocenters. The Morgan fingerprint density at radius 3 is 2.53 bits per heavy atom. The fourth-order valence-corrected chi connectivity index (χ4v) is 2.87. The van der Waals surface area contributed by atoms with E-state index in [9.17, 15) is 14.0 Å². The molecule has 0 bridgehead atoms. The van der Waals surface area contributed by atoms with Crippen molar-refractivity contribution in [2.45, 2.75) is 13.8 Å². The van der Waals surface area contributed by atoms with Crippen molar-refractivity contribution in [3.63, 3.8) is 0 Å². The van der Waals surface area contributed by atoms with Gasteiger partial charge in [0, 0.05) is 11.1 Å². The lowest BCUT2D eigenvalue weighted by molar-refractivity contribution is -0.149. The molecule has 0 atom stereocenters. The summed E-state index contributed by atoms with van der Waals surface area (Å²) < 4.78 is 24.9. The van der Waals surface area contributed by atoms with Crippen molar-refractivity contribution in [1.29, 1.82) is 0 Å². The van der Waals surface area contributed by atoms with Crippen molar-refractivity contribution in [3.05, 3.63) is 70.6 Å². The van der Waals surface area contributed by atoms with Gasteiger partial charge in [0.05, 0.1) is 11.4 Å². The van der Waals surface area contributed by atoms with Gasteiger partial charge in [-0.2, -0.15) is 5.10 Å². The molecule has 0 saturated heterocycles. The van der Waals surface area contributed by atoms with Gasteiger partial charge < -0.3 is 14.8 Å². The van der Waals surface area contributed by atoms with Crippen molar-refractivity contribution in [2.24, 2.45) is 0 Å². The summed E-state index contributed by atoms with van der Waals surface area (Å²) in [5.74, 6) is -0.749. The molecular weight excluding hydrogens is 413 g/mol. The van der Waals surface area contributed by atoms with Crippen LogP contribution in [0.1, 0.15) is 11.3 Å². The number of carbonyl (C=O) groups excluding carboxylic acids is 2. The number of esters is 1. The van der Waals surface area contributed by atoms with Crippen LogP contribution in [-0.4, -0.2) is 34.9 Å². The second kappa shape index (κ2) is 9.41. The lowest BCUT2D eigenvalue weighted by atomic mass is 10.2. The number of aromatic nitrogens is 2. The second-order valence-electron chi connectivity index (χ2n) is 6.47. The molecule has 2 aromatic carbocycles. The van der Waals surface area contributed by atoms with E-state index in [0.717, 1.165) is 5.56 Å². The number of nitrogens with one attached hydrogen (secondary N) is 1. The van der Waals surface area contributed by atoms with Crippen LogP contribution >= 0.6 is 11.6 Å². The van der Waals surface area contributed by atoms with Crippen LogP contribution in [0.5, 0.6) is 5.75 Å². The van der Waals surface area contributed by atoms with Gasteiger partial charge in [0.1, 0.15) is 17.4 Å². The molecule has 1 amide bonds. The minimum Gasteiger partial charge on any atom is -0.482 e. The Balaban J connectivity index is 1.53. The molecule has 0 aliphatic heterocycles. The third-order valence-electron chi connectivity index (χ3n) is 4.02. The zero-order valence-corrected chi connectivity index (χ0v) is 17.1. The molecule has 3 rings (SSSR count). The predicted molar refractivity (Wildman–Crippen MR) is 110 cm³/mol. The number of halogens is 2. The van der Waals surface area contributed by atoms with Gasteiger partial charge in [-0.3, -0.25) is 4.79 Å². The zero-order chi connectivity index (χ0) is 21.7. The van der Waals surface area contributed by atoms with Crippen molar-refractivity contribution in [3.8, 4) is 11.4 Å². The number of carbonyl (C=O) groups is 2. The molecule has 0 radical (unpaired) electrons. The van der Waals surface area contributed by atoms with Crippen molar-refractivity contribution < 1.29 is 23.5 Å². The van der Waals surface area contributed by atoms with Crippen LogP contribution in [0.25, 0.3) is 5.69 Å². The Kier molecular flexibility index (Phi) is 6.68. The van der Waals surface area contributed by atoms with Gasteiger partial charge in [0.2, 0.25) is 0 Å². The first-order valence-corrected chi connectivity index (χ1v) is 9.36. The van der Waals surface area contributed by atoms with Crippen LogP contribution in [0.2, 0.25) is 5.02 Å². The lowest BCUT2D eigenvalue weighted by Crippen LogP contribution is -2.24. The van der Waals surface area contributed by atoms with Gasteiger partial charge in [-0.1, -0.05) is 11.6 Å². The topological polar surface area (TPSA) is 82.5 Å². The molecule has 30 heavy (non-hydrogen) atoms. The van der Waals surface area contributed by atoms with Crippen LogP contribution in [0.15, 0.2) is 48.5 Å². The Hall–Kier alpha value is -3.39. The van der Waals surface area contributed by atoms with Crippen molar-refractivity contribution in [2.75, 3.05) is 18.5 Å². The van der Waals surface area contributed by atoms with Gasteiger partial charge >= 0.3 is 5.97 Å². The molecule has 9 heteroatoms. The minimum absolute atomic E-state index is 0.345. The Morgan fingerprint density at radius 2 is 1.83 bits per heavy atom. The fraction of sp³-hybridized carbons (Fsp3) is 0.190. The van der Waals surface area contributed by atoms with Crippen LogP contribution < -0.4 is 10.1 Å². The number of nitrogens with zero attached hydrogens (tertiary/aromatic N) is 2. The number of hydrogen-bond donors (Lipinski definition) is 1. The molecule has 7 nitrogen and oxygen atoms in total. The van der Waals surface area contributed by atoms with Crippen molar-refractivity contribution in [1.82, 2.24) is 9.78 Å². The highest BCUT2D eigenvalue weighted by Gasteiger charge is 2.14. The van der Waals surface area contributed by atoms with Gasteiger partial charge in [0.15, 0.2) is 13.2 Å². The number of hydrogen-bond acceptors (Lipinski definition) is 5. The maximum atomic E-state index is 13.1. The minimum atomic E-state index is -0.692. The molecule has 0 fully saturated rings. The Morgan fingerprint density at radius 1 is 1.10 bits per heavy atom. The van der Waals surface area contributed by atoms with Gasteiger partial charge in [-0.15, -0.1) is 0 Å². The monoisotopic (exact) mass is 431 g/mol. The number of benzene rings is 2. The number of aryl methyl sites for hydroxylation is 2. The molecular formula is C21H19ClFN3O4. The molecule has 1 aromatic heterocycles. The molecule has 3 aromatic rings. The highest BCUT2D eigenvalue weighted by atomic mass is 35.5. The molecule has 1 N–H and O–H groups in total. The van der Waals surface area contributed by atoms with E-state index in [0.29, 0.717) is 28.0 Å². The molecule has 0 aliphatic rings. The van der Waals surface area contributed by atoms with E-state index in [-0.39, 0.29) is 12.4 Å². The van der Waals surface area contributed by atoms with Crippen LogP contribution in [0.4, 0.5) is 10.2 Å². The van der Waals surface area contributed by atoms with Gasteiger partial charge in [-0.25, -0.2) is 13.9 Å². The average Bonchev–Trinajstić information content (AvgIpc) is 3.06. The number of anilines is 1. The highest BCUT2D eigenvalue weighted by molar-refractivity contribution is 6.30. The first kappa shape index (κ1) is 21.3. The highest BCUT2D eigenvalue weighted by Crippen LogP contribution is 2.21. The van der Waals surface area contributed by atoms with E-state index in [1.54, 1.807) is 38.1 Å². The third-order valence-corrected chi connectivity index (χ3v) is 4.25. The van der Waals surface area contributed by atoms with Gasteiger partial charge in [0.25, 0.3) is 5.91 Å². The third kappa shape index (κ3) is 5.57. The maximum absolute atomic E-state index is 13.1. The summed E-state index contributed by atoms with van der Waals surface area (Å²) in [6.07, 6.45) is 0. The van der Waals surface area contributed by atoms with E-state index >= 15 is 0 Å². The first-order valence-electron chi connectivity index (χ1n) is 8.99. The first-order chi connectivity index (χ1) is 14.3. The fourth-order valence-electron chi connectivity index (χ4n) is 2.65. The summed E-state index contributed by atoms with van der Waals surface area (Å²) in [4.78, 5) is 24.1. The summed E-state index contributed by atoms with van der Waals surface area (Å²) in [5, 5.41) is 7.47. The normalized spacial score (nSPS) is 10.5. The Bertz CT molecular complexity index is 1070. The molecule has 156 valence electrons. The summed E-state index contributed by atoms with van der Waals surface area (Å²) in [5.41, 5.74) is 2.00. The molecule has 0 saturated carbocycles.